The highest BCUT2D eigenvalue weighted by molar-refractivity contribution is 7.92. The molecule has 0 heterocycles. The lowest BCUT2D eigenvalue weighted by Crippen LogP contribution is -2.23. The van der Waals surface area contributed by atoms with Crippen molar-refractivity contribution in [2.75, 3.05) is 0 Å². The average molecular weight is 224 g/mol. The Morgan fingerprint density at radius 1 is 1.21 bits per heavy atom. The highest BCUT2D eigenvalue weighted by atomic mass is 32.2. The Labute approximate surface area is 78.3 Å². The standard InChI is InChI=1S/C7H5F3NO2S/c8-7(9,10)14(12,13)6-3-1-2-5(11)4-6/h1-4,11H. The van der Waals surface area contributed by atoms with Gasteiger partial charge in [0.25, 0.3) is 9.84 Å². The van der Waals surface area contributed by atoms with Crippen LogP contribution < -0.4 is 5.73 Å². The third kappa shape index (κ3) is 1.82. The van der Waals surface area contributed by atoms with E-state index in [9.17, 15) is 21.6 Å². The Hall–Kier alpha value is -1.24. The maximum absolute atomic E-state index is 12.0. The van der Waals surface area contributed by atoms with Gasteiger partial charge in [-0.15, -0.1) is 0 Å². The molecule has 77 valence electrons. The molecule has 7 heteroatoms. The average Bonchev–Trinajstić information content (AvgIpc) is 2.02. The summed E-state index contributed by atoms with van der Waals surface area (Å²) in [4.78, 5) is -0.905. The van der Waals surface area contributed by atoms with Gasteiger partial charge in [-0.3, -0.25) is 0 Å². The predicted octanol–water partition coefficient (Wildman–Crippen LogP) is 1.89. The molecular weight excluding hydrogens is 219 g/mol. The van der Waals surface area contributed by atoms with Gasteiger partial charge < -0.3 is 5.73 Å². The number of benzene rings is 1. The van der Waals surface area contributed by atoms with E-state index in [2.05, 4.69) is 0 Å². The quantitative estimate of drug-likeness (QED) is 0.731. The summed E-state index contributed by atoms with van der Waals surface area (Å²) in [5.41, 5.74) is 1.39. The van der Waals surface area contributed by atoms with E-state index < -0.39 is 20.2 Å². The molecule has 1 aromatic rings. The van der Waals surface area contributed by atoms with Crippen molar-refractivity contribution in [3.63, 3.8) is 0 Å². The minimum absolute atomic E-state index is 0.282. The fraction of sp³-hybridized carbons (Fsp3) is 0.143. The second-order valence-corrected chi connectivity index (χ2v) is 4.42. The summed E-state index contributed by atoms with van der Waals surface area (Å²) in [7, 11) is -5.32. The van der Waals surface area contributed by atoms with Crippen molar-refractivity contribution in [1.82, 2.24) is 5.73 Å². The lowest BCUT2D eigenvalue weighted by atomic mass is 10.3. The topological polar surface area (TPSA) is 57.9 Å². The molecule has 0 bridgehead atoms. The molecule has 0 atom stereocenters. The summed E-state index contributed by atoms with van der Waals surface area (Å²) in [6.45, 7) is 0. The first-order valence-corrected chi connectivity index (χ1v) is 4.86. The molecule has 1 radical (unpaired) electrons. The Morgan fingerprint density at radius 3 is 2.21 bits per heavy atom. The van der Waals surface area contributed by atoms with Crippen molar-refractivity contribution in [2.24, 2.45) is 0 Å². The van der Waals surface area contributed by atoms with Crippen molar-refractivity contribution in [3.05, 3.63) is 24.3 Å². The van der Waals surface area contributed by atoms with Gasteiger partial charge in [-0.2, -0.15) is 13.2 Å². The Balaban J connectivity index is 3.32. The van der Waals surface area contributed by atoms with Gasteiger partial charge in [-0.25, -0.2) is 8.42 Å². The smallest absolute Gasteiger partial charge is 0.301 e. The second kappa shape index (κ2) is 3.16. The Bertz CT molecular complexity index is 438. The molecule has 14 heavy (non-hydrogen) atoms. The predicted molar refractivity (Wildman–Crippen MR) is 42.4 cm³/mol. The fourth-order valence-electron chi connectivity index (χ4n) is 0.797. The van der Waals surface area contributed by atoms with E-state index >= 15 is 0 Å². The normalized spacial score (nSPS) is 12.8. The van der Waals surface area contributed by atoms with Crippen LogP contribution in [0.4, 0.5) is 18.9 Å². The first-order valence-electron chi connectivity index (χ1n) is 3.38. The van der Waals surface area contributed by atoms with Crippen LogP contribution in [0.25, 0.3) is 0 Å². The molecule has 0 amide bonds. The van der Waals surface area contributed by atoms with E-state index in [0.717, 1.165) is 12.1 Å². The zero-order chi connectivity index (χ0) is 11.0. The highest BCUT2D eigenvalue weighted by Crippen LogP contribution is 2.30. The van der Waals surface area contributed by atoms with Crippen LogP contribution in [0.3, 0.4) is 0 Å². The van der Waals surface area contributed by atoms with E-state index in [1.54, 1.807) is 0 Å². The van der Waals surface area contributed by atoms with Crippen LogP contribution in [-0.2, 0) is 9.84 Å². The van der Waals surface area contributed by atoms with Gasteiger partial charge >= 0.3 is 5.51 Å². The van der Waals surface area contributed by atoms with Crippen LogP contribution in [0, 0.1) is 0 Å². The lowest BCUT2D eigenvalue weighted by molar-refractivity contribution is -0.0435. The third-order valence-electron chi connectivity index (χ3n) is 1.45. The molecule has 0 unspecified atom stereocenters. The van der Waals surface area contributed by atoms with Gasteiger partial charge in [0, 0.05) is 0 Å². The molecule has 0 saturated carbocycles. The second-order valence-electron chi connectivity index (χ2n) is 2.48. The van der Waals surface area contributed by atoms with Crippen LogP contribution in [0.15, 0.2) is 29.2 Å². The number of nitrogens with one attached hydrogen (secondary N) is 1. The van der Waals surface area contributed by atoms with Crippen LogP contribution >= 0.6 is 0 Å². The zero-order valence-corrected chi connectivity index (χ0v) is 7.48. The minimum Gasteiger partial charge on any atom is -0.301 e. The van der Waals surface area contributed by atoms with Gasteiger partial charge in [0.2, 0.25) is 0 Å². The van der Waals surface area contributed by atoms with E-state index in [1.807, 2.05) is 0 Å². The number of rotatable bonds is 1. The van der Waals surface area contributed by atoms with Crippen molar-refractivity contribution in [2.45, 2.75) is 10.4 Å². The van der Waals surface area contributed by atoms with Gasteiger partial charge in [-0.1, -0.05) is 6.07 Å². The first kappa shape index (κ1) is 10.8. The molecule has 1 N–H and O–H groups in total. The monoisotopic (exact) mass is 224 g/mol. The van der Waals surface area contributed by atoms with Crippen LogP contribution in [0.5, 0.6) is 0 Å². The number of hydrogen-bond donors (Lipinski definition) is 0. The van der Waals surface area contributed by atoms with Crippen molar-refractivity contribution < 1.29 is 21.6 Å². The van der Waals surface area contributed by atoms with Crippen LogP contribution in [-0.4, -0.2) is 13.9 Å². The molecule has 0 aliphatic rings. The van der Waals surface area contributed by atoms with E-state index in [0.29, 0.717) is 6.07 Å². The molecular formula is C7H5F3NO2S. The van der Waals surface area contributed by atoms with Crippen molar-refractivity contribution in [3.8, 4) is 0 Å². The maximum Gasteiger partial charge on any atom is 0.501 e. The van der Waals surface area contributed by atoms with Gasteiger partial charge in [0.05, 0.1) is 10.6 Å². The molecule has 3 nitrogen and oxygen atoms in total. The molecule has 0 spiro atoms. The van der Waals surface area contributed by atoms with Crippen LogP contribution in [0.1, 0.15) is 0 Å². The van der Waals surface area contributed by atoms with E-state index in [1.165, 1.54) is 6.07 Å². The summed E-state index contributed by atoms with van der Waals surface area (Å²) >= 11 is 0. The van der Waals surface area contributed by atoms with Gasteiger partial charge in [0.15, 0.2) is 0 Å². The maximum atomic E-state index is 12.0. The molecule has 0 fully saturated rings. The number of hydrogen-bond acceptors (Lipinski definition) is 2. The summed E-state index contributed by atoms with van der Waals surface area (Å²) < 4.78 is 57.6. The van der Waals surface area contributed by atoms with Crippen molar-refractivity contribution in [1.29, 1.82) is 0 Å². The van der Waals surface area contributed by atoms with Crippen molar-refractivity contribution >= 4 is 15.5 Å². The first-order chi connectivity index (χ1) is 6.25. The molecule has 0 aliphatic heterocycles. The number of alkyl halides is 3. The molecule has 1 aromatic carbocycles. The summed E-state index contributed by atoms with van der Waals surface area (Å²) in [5, 5.41) is 0. The number of sulfone groups is 1. The lowest BCUT2D eigenvalue weighted by Gasteiger charge is -2.07. The molecule has 0 aliphatic carbocycles. The largest absolute Gasteiger partial charge is 0.501 e. The molecule has 0 saturated heterocycles. The van der Waals surface area contributed by atoms with Gasteiger partial charge in [-0.05, 0) is 18.2 Å². The molecule has 1 rings (SSSR count). The third-order valence-corrected chi connectivity index (χ3v) is 2.93. The van der Waals surface area contributed by atoms with E-state index in [4.69, 9.17) is 5.73 Å². The van der Waals surface area contributed by atoms with Crippen LogP contribution in [0.2, 0.25) is 0 Å². The fourth-order valence-corrected chi connectivity index (χ4v) is 1.60. The molecule has 0 aromatic heterocycles. The Morgan fingerprint density at radius 2 is 1.79 bits per heavy atom. The summed E-state index contributed by atoms with van der Waals surface area (Å²) in [6, 6.07) is 3.74. The minimum atomic E-state index is -5.32. The number of halogens is 3. The highest BCUT2D eigenvalue weighted by Gasteiger charge is 2.46. The SMILES string of the molecule is [NH]c1cccc(S(=O)(=O)C(F)(F)F)c1. The summed E-state index contributed by atoms with van der Waals surface area (Å²) in [6.07, 6.45) is 0. The summed E-state index contributed by atoms with van der Waals surface area (Å²) in [5.74, 6) is 0. The van der Waals surface area contributed by atoms with Gasteiger partial charge in [0.1, 0.15) is 0 Å². The van der Waals surface area contributed by atoms with E-state index in [-0.39, 0.29) is 5.69 Å². The zero-order valence-electron chi connectivity index (χ0n) is 6.67. The Kier molecular flexibility index (Phi) is 2.45.